The van der Waals surface area contributed by atoms with Crippen LogP contribution in [0.5, 0.6) is 0 Å². The van der Waals surface area contributed by atoms with Gasteiger partial charge in [0.2, 0.25) is 0 Å². The standard InChI is InChI=1S/C17H14P.C5H5.2ClH.Ti/c1-3-9-15(10-4-1)18(17-13-7-8-14-17)16-11-5-2-6-12-16;1-2-4-5-3-1;;;/h1-14H;1-5H;2*1H;/q;;;;+2/p-2. The Kier molecular flexibility index (Phi) is 12.3. The van der Waals surface area contributed by atoms with Crippen molar-refractivity contribution in [1.82, 2.24) is 0 Å². The van der Waals surface area contributed by atoms with Crippen molar-refractivity contribution in [2.24, 2.45) is 0 Å². The summed E-state index contributed by atoms with van der Waals surface area (Å²) in [7, 11) is 9.37. The first kappa shape index (κ1) is 22.5. The molecule has 2 aromatic carbocycles. The number of hydrogen-bond donors (Lipinski definition) is 0. The predicted molar refractivity (Wildman–Crippen MR) is 113 cm³/mol. The molecule has 2 fully saturated rings. The first-order chi connectivity index (χ1) is 12.9. The maximum absolute atomic E-state index is 4.89. The molecule has 4 rings (SSSR count). The minimum atomic E-state index is -0.556. The van der Waals surface area contributed by atoms with Crippen molar-refractivity contribution < 1.29 is 17.0 Å². The number of rotatable bonds is 3. The number of benzene rings is 2. The quantitative estimate of drug-likeness (QED) is 0.419. The van der Waals surface area contributed by atoms with Crippen LogP contribution in [0.25, 0.3) is 0 Å². The van der Waals surface area contributed by atoms with Gasteiger partial charge in [0, 0.05) is 5.66 Å². The van der Waals surface area contributed by atoms with Gasteiger partial charge in [0.1, 0.15) is 0 Å². The van der Waals surface area contributed by atoms with Crippen LogP contribution < -0.4 is 10.6 Å². The first-order valence-electron chi connectivity index (χ1n) is 8.11. The summed E-state index contributed by atoms with van der Waals surface area (Å²) in [6.07, 6.45) is 18.7. The van der Waals surface area contributed by atoms with E-state index >= 15 is 0 Å². The van der Waals surface area contributed by atoms with Crippen LogP contribution in [0.2, 0.25) is 0 Å². The average Bonchev–Trinajstić information content (AvgIpc) is 3.42. The molecule has 10 radical (unpaired) electrons. The van der Waals surface area contributed by atoms with E-state index in [1.165, 1.54) is 16.3 Å². The van der Waals surface area contributed by atoms with E-state index in [1.54, 1.807) is 0 Å². The Morgan fingerprint density at radius 1 is 0.538 bits per heavy atom. The van der Waals surface area contributed by atoms with E-state index in [1.807, 2.05) is 32.1 Å². The monoisotopic (exact) mass is 432 g/mol. The fourth-order valence-electron chi connectivity index (χ4n) is 2.44. The molecule has 0 amide bonds. The zero-order valence-electron chi connectivity index (χ0n) is 14.2. The molecule has 2 aliphatic carbocycles. The summed E-state index contributed by atoms with van der Waals surface area (Å²) in [5.74, 6) is 0. The van der Waals surface area contributed by atoms with Crippen LogP contribution in [0.1, 0.15) is 0 Å². The van der Waals surface area contributed by atoms with Crippen molar-refractivity contribution in [1.29, 1.82) is 0 Å². The Hall–Kier alpha value is 0.164. The van der Waals surface area contributed by atoms with Crippen molar-refractivity contribution in [2.45, 2.75) is 0 Å². The zero-order chi connectivity index (χ0) is 18.5. The molecule has 26 heavy (non-hydrogen) atoms. The van der Waals surface area contributed by atoms with E-state index < -0.39 is 25.0 Å². The van der Waals surface area contributed by atoms with E-state index in [2.05, 4.69) is 86.3 Å². The average molecular weight is 433 g/mol. The van der Waals surface area contributed by atoms with Crippen LogP contribution in [-0.4, -0.2) is 0 Å². The minimum absolute atomic E-state index is 0.409. The van der Waals surface area contributed by atoms with Crippen LogP contribution >= 0.6 is 26.5 Å². The van der Waals surface area contributed by atoms with Crippen LogP contribution in [0.3, 0.4) is 0 Å². The Morgan fingerprint density at radius 3 is 1.23 bits per heavy atom. The summed E-state index contributed by atoms with van der Waals surface area (Å²) < 4.78 is 0. The summed E-state index contributed by atoms with van der Waals surface area (Å²) >= 11 is -0.556. The molecule has 0 N–H and O–H groups in total. The molecule has 0 unspecified atom stereocenters. The molecule has 0 aromatic heterocycles. The molecule has 2 saturated carbocycles. The summed E-state index contributed by atoms with van der Waals surface area (Å²) in [4.78, 5) is 0. The number of halogens is 2. The molecule has 2 aliphatic rings. The summed E-state index contributed by atoms with van der Waals surface area (Å²) in [5.41, 5.74) is 1.42. The van der Waals surface area contributed by atoms with Crippen LogP contribution in [0.4, 0.5) is 0 Å². The summed E-state index contributed by atoms with van der Waals surface area (Å²) in [5, 5.41) is 2.81. The van der Waals surface area contributed by atoms with Gasteiger partial charge in [-0.2, -0.15) is 0 Å². The number of hydrogen-bond acceptors (Lipinski definition) is 0. The Labute approximate surface area is 177 Å². The SMILES string of the molecule is [CH]1[CH][CH][CH][CH]1.[CH]1[CH][CH][C](P(c2ccccc2)c2ccccc2)[CH]1.[Cl][Ti][Cl]. The molecule has 0 atom stereocenters. The topological polar surface area (TPSA) is 0 Å². The van der Waals surface area contributed by atoms with Crippen LogP contribution in [0.15, 0.2) is 60.7 Å². The second-order valence-corrected chi connectivity index (χ2v) is 9.98. The van der Waals surface area contributed by atoms with Gasteiger partial charge in [-0.3, -0.25) is 0 Å². The molecular formula is C22H19Cl2PTi. The van der Waals surface area contributed by atoms with Crippen molar-refractivity contribution in [2.75, 3.05) is 0 Å². The van der Waals surface area contributed by atoms with Gasteiger partial charge in [-0.25, -0.2) is 0 Å². The van der Waals surface area contributed by atoms with Crippen LogP contribution in [0, 0.1) is 63.4 Å². The predicted octanol–water partition coefficient (Wildman–Crippen LogP) is 5.88. The van der Waals surface area contributed by atoms with Gasteiger partial charge in [-0.05, 0) is 76.3 Å². The molecular weight excluding hydrogens is 414 g/mol. The van der Waals surface area contributed by atoms with Gasteiger partial charge in [0.15, 0.2) is 0 Å². The fraction of sp³-hybridized carbons (Fsp3) is 0. The Balaban J connectivity index is 0.000000254. The first-order valence-corrected chi connectivity index (χ1v) is 13.8. The van der Waals surface area contributed by atoms with Gasteiger partial charge in [0.05, 0.1) is 0 Å². The second kappa shape index (κ2) is 14.2. The molecule has 0 spiro atoms. The molecule has 130 valence electrons. The van der Waals surface area contributed by atoms with Crippen molar-refractivity contribution in [3.63, 3.8) is 0 Å². The van der Waals surface area contributed by atoms with Gasteiger partial charge in [-0.1, -0.05) is 60.7 Å². The molecule has 0 bridgehead atoms. The van der Waals surface area contributed by atoms with E-state index in [-0.39, 0.29) is 0 Å². The van der Waals surface area contributed by atoms with Gasteiger partial charge in [0.25, 0.3) is 0 Å². The van der Waals surface area contributed by atoms with Gasteiger partial charge >= 0.3 is 35.6 Å². The van der Waals surface area contributed by atoms with Gasteiger partial charge in [-0.15, -0.1) is 0 Å². The van der Waals surface area contributed by atoms with E-state index in [0.29, 0.717) is 0 Å². The molecule has 2 aromatic rings. The normalized spacial score (nSPS) is 16.4. The third-order valence-corrected chi connectivity index (χ3v) is 5.93. The van der Waals surface area contributed by atoms with Crippen LogP contribution in [-0.2, 0) is 17.0 Å². The maximum atomic E-state index is 4.89. The van der Waals surface area contributed by atoms with E-state index in [0.717, 1.165) is 0 Å². The summed E-state index contributed by atoms with van der Waals surface area (Å²) in [6, 6.07) is 21.6. The van der Waals surface area contributed by atoms with Crippen molar-refractivity contribution in [3.05, 3.63) is 124 Å². The molecule has 4 heteroatoms. The summed E-state index contributed by atoms with van der Waals surface area (Å²) in [6.45, 7) is 0. The second-order valence-electron chi connectivity index (χ2n) is 5.18. The Bertz CT molecular complexity index is 522. The van der Waals surface area contributed by atoms with Crippen molar-refractivity contribution >= 4 is 37.1 Å². The molecule has 0 aliphatic heterocycles. The van der Waals surface area contributed by atoms with Crippen molar-refractivity contribution in [3.8, 4) is 0 Å². The van der Waals surface area contributed by atoms with E-state index in [4.69, 9.17) is 18.6 Å². The van der Waals surface area contributed by atoms with E-state index in [9.17, 15) is 0 Å². The zero-order valence-corrected chi connectivity index (χ0v) is 18.1. The fourth-order valence-corrected chi connectivity index (χ4v) is 4.74. The third-order valence-electron chi connectivity index (χ3n) is 3.49. The molecule has 0 nitrogen and oxygen atoms in total. The van der Waals surface area contributed by atoms with Gasteiger partial charge < -0.3 is 0 Å². The molecule has 0 heterocycles. The molecule has 0 saturated heterocycles. The third kappa shape index (κ3) is 8.04. The Morgan fingerprint density at radius 2 is 0.885 bits per heavy atom.